The summed E-state index contributed by atoms with van der Waals surface area (Å²) in [7, 11) is -1.61. The second kappa shape index (κ2) is 4.45. The van der Waals surface area contributed by atoms with E-state index in [1.807, 2.05) is 0 Å². The number of Topliss-reactive ketones (excluding diaryl/α,β-unsaturated/α-hetero) is 1. The summed E-state index contributed by atoms with van der Waals surface area (Å²) in [5, 5.41) is 0.300. The van der Waals surface area contributed by atoms with Crippen molar-refractivity contribution in [2.24, 2.45) is 5.41 Å². The number of hydrogen-bond donors (Lipinski definition) is 0. The minimum atomic E-state index is -1.61. The fraction of sp³-hybridized carbons (Fsp3) is 0.933. The Morgan fingerprint density at radius 3 is 2.06 bits per heavy atom. The van der Waals surface area contributed by atoms with Crippen molar-refractivity contribution >= 4 is 14.1 Å². The number of hydrogen-bond acceptors (Lipinski definition) is 2. The van der Waals surface area contributed by atoms with Gasteiger partial charge in [-0.15, -0.1) is 0 Å². The van der Waals surface area contributed by atoms with Crippen LogP contribution in [0.15, 0.2) is 0 Å². The molecule has 18 heavy (non-hydrogen) atoms. The molecule has 0 aromatic heterocycles. The quantitative estimate of drug-likeness (QED) is 0.698. The third-order valence-electron chi connectivity index (χ3n) is 5.41. The average molecular weight is 268 g/mol. The Balaban J connectivity index is 1.86. The van der Waals surface area contributed by atoms with Crippen LogP contribution >= 0.6 is 0 Å². The van der Waals surface area contributed by atoms with Gasteiger partial charge in [0.1, 0.15) is 5.78 Å². The van der Waals surface area contributed by atoms with Gasteiger partial charge in [0.25, 0.3) is 0 Å². The molecule has 3 heteroatoms. The number of rotatable bonds is 2. The summed E-state index contributed by atoms with van der Waals surface area (Å²) in [4.78, 5) is 11.2. The van der Waals surface area contributed by atoms with Gasteiger partial charge in [-0.1, -0.05) is 20.8 Å². The van der Waals surface area contributed by atoms with Crippen LogP contribution in [0, 0.1) is 5.41 Å². The molecular weight excluding hydrogens is 240 g/mol. The highest BCUT2D eigenvalue weighted by Gasteiger charge is 2.47. The van der Waals surface area contributed by atoms with Gasteiger partial charge in [0.15, 0.2) is 8.32 Å². The van der Waals surface area contributed by atoms with Gasteiger partial charge in [0.2, 0.25) is 0 Å². The first-order valence-electron chi connectivity index (χ1n) is 7.33. The summed E-state index contributed by atoms with van der Waals surface area (Å²) in [5.41, 5.74) is 0.393. The van der Waals surface area contributed by atoms with Crippen molar-refractivity contribution in [2.45, 2.75) is 83.5 Å². The van der Waals surface area contributed by atoms with Crippen LogP contribution in [0.2, 0.25) is 18.1 Å². The lowest BCUT2D eigenvalue weighted by atomic mass is 9.60. The van der Waals surface area contributed by atoms with Crippen molar-refractivity contribution in [1.29, 1.82) is 0 Å². The summed E-state index contributed by atoms with van der Waals surface area (Å²) in [6, 6.07) is 0. The van der Waals surface area contributed by atoms with Gasteiger partial charge in [-0.2, -0.15) is 0 Å². The lowest BCUT2D eigenvalue weighted by molar-refractivity contribution is -0.135. The van der Waals surface area contributed by atoms with Crippen molar-refractivity contribution in [3.8, 4) is 0 Å². The molecule has 0 aromatic rings. The van der Waals surface area contributed by atoms with Gasteiger partial charge in [-0.25, -0.2) is 0 Å². The third kappa shape index (κ3) is 2.72. The molecule has 2 aliphatic rings. The van der Waals surface area contributed by atoms with E-state index >= 15 is 0 Å². The molecule has 2 aliphatic carbocycles. The monoisotopic (exact) mass is 268 g/mol. The van der Waals surface area contributed by atoms with Crippen molar-refractivity contribution in [1.82, 2.24) is 0 Å². The summed E-state index contributed by atoms with van der Waals surface area (Å²) >= 11 is 0. The van der Waals surface area contributed by atoms with Crippen LogP contribution in [-0.2, 0) is 9.22 Å². The maximum Gasteiger partial charge on any atom is 0.192 e. The van der Waals surface area contributed by atoms with Crippen LogP contribution in [0.1, 0.15) is 59.3 Å². The molecule has 2 rings (SSSR count). The van der Waals surface area contributed by atoms with E-state index in [4.69, 9.17) is 4.43 Å². The SMILES string of the molecule is CC(C)(C)[Si](C)(C)OC1CCC2(CC1)CC(=O)C2. The fourth-order valence-corrected chi connectivity index (χ4v) is 4.48. The fourth-order valence-electron chi connectivity index (χ4n) is 3.05. The molecule has 2 saturated carbocycles. The number of carbonyl (C=O) groups excluding carboxylic acids is 1. The zero-order valence-corrected chi connectivity index (χ0v) is 13.6. The Hall–Kier alpha value is -0.153. The van der Waals surface area contributed by atoms with E-state index < -0.39 is 8.32 Å². The predicted molar refractivity (Wildman–Crippen MR) is 77.2 cm³/mol. The van der Waals surface area contributed by atoms with Crippen LogP contribution in [0.4, 0.5) is 0 Å². The van der Waals surface area contributed by atoms with Gasteiger partial charge >= 0.3 is 0 Å². The molecular formula is C15H28O2Si. The van der Waals surface area contributed by atoms with Gasteiger partial charge < -0.3 is 4.43 Å². The number of carbonyl (C=O) groups is 1. The standard InChI is InChI=1S/C15H28O2Si/c1-14(2,3)18(4,5)17-13-6-8-15(9-7-13)10-12(16)11-15/h13H,6-11H2,1-5H3. The van der Waals surface area contributed by atoms with E-state index in [1.54, 1.807) is 0 Å². The molecule has 2 fully saturated rings. The lowest BCUT2D eigenvalue weighted by Gasteiger charge is -2.48. The third-order valence-corrected chi connectivity index (χ3v) is 9.94. The predicted octanol–water partition coefficient (Wildman–Crippen LogP) is 4.30. The molecule has 0 radical (unpaired) electrons. The minimum Gasteiger partial charge on any atom is -0.414 e. The molecule has 0 bridgehead atoms. The normalized spacial score (nSPS) is 25.3. The zero-order valence-electron chi connectivity index (χ0n) is 12.6. The topological polar surface area (TPSA) is 26.3 Å². The van der Waals surface area contributed by atoms with Gasteiger partial charge in [-0.05, 0) is 49.2 Å². The van der Waals surface area contributed by atoms with Gasteiger partial charge in [0.05, 0.1) is 0 Å². The van der Waals surface area contributed by atoms with Crippen LogP contribution in [0.25, 0.3) is 0 Å². The molecule has 0 amide bonds. The van der Waals surface area contributed by atoms with Crippen molar-refractivity contribution < 1.29 is 9.22 Å². The second-order valence-electron chi connectivity index (χ2n) is 7.97. The molecule has 1 spiro atoms. The highest BCUT2D eigenvalue weighted by atomic mass is 28.4. The summed E-state index contributed by atoms with van der Waals surface area (Å²) in [5.74, 6) is 0.471. The first-order valence-corrected chi connectivity index (χ1v) is 10.2. The van der Waals surface area contributed by atoms with Crippen LogP contribution < -0.4 is 0 Å². The van der Waals surface area contributed by atoms with E-state index in [2.05, 4.69) is 33.9 Å². The molecule has 0 heterocycles. The van der Waals surface area contributed by atoms with Crippen molar-refractivity contribution in [3.05, 3.63) is 0 Å². The molecule has 104 valence electrons. The smallest absolute Gasteiger partial charge is 0.192 e. The Morgan fingerprint density at radius 2 is 1.67 bits per heavy atom. The molecule has 2 nitrogen and oxygen atoms in total. The lowest BCUT2D eigenvalue weighted by Crippen LogP contribution is -2.47. The highest BCUT2D eigenvalue weighted by Crippen LogP contribution is 2.51. The first-order chi connectivity index (χ1) is 8.14. The Labute approximate surface area is 113 Å². The summed E-state index contributed by atoms with van der Waals surface area (Å²) in [6.45, 7) is 11.6. The summed E-state index contributed by atoms with van der Waals surface area (Å²) < 4.78 is 6.49. The molecule has 0 aromatic carbocycles. The van der Waals surface area contributed by atoms with Gasteiger partial charge in [-0.3, -0.25) is 4.79 Å². The van der Waals surface area contributed by atoms with E-state index in [0.29, 0.717) is 22.3 Å². The van der Waals surface area contributed by atoms with Crippen LogP contribution in [-0.4, -0.2) is 20.2 Å². The zero-order chi connectivity index (χ0) is 13.6. The van der Waals surface area contributed by atoms with Crippen LogP contribution in [0.5, 0.6) is 0 Å². The van der Waals surface area contributed by atoms with Crippen LogP contribution in [0.3, 0.4) is 0 Å². The molecule has 0 saturated heterocycles. The van der Waals surface area contributed by atoms with E-state index in [-0.39, 0.29) is 0 Å². The number of ketones is 1. The Kier molecular flexibility index (Phi) is 3.52. The van der Waals surface area contributed by atoms with E-state index in [0.717, 1.165) is 12.8 Å². The Bertz CT molecular complexity index is 323. The first kappa shape index (κ1) is 14.3. The maximum absolute atomic E-state index is 11.2. The Morgan fingerprint density at radius 1 is 1.17 bits per heavy atom. The molecule has 0 atom stereocenters. The average Bonchev–Trinajstić information content (AvgIpc) is 2.17. The highest BCUT2D eigenvalue weighted by molar-refractivity contribution is 6.74. The second-order valence-corrected chi connectivity index (χ2v) is 12.7. The molecule has 0 N–H and O–H groups in total. The van der Waals surface area contributed by atoms with E-state index in [1.165, 1.54) is 25.7 Å². The van der Waals surface area contributed by atoms with Crippen molar-refractivity contribution in [2.75, 3.05) is 0 Å². The van der Waals surface area contributed by atoms with Gasteiger partial charge in [0, 0.05) is 18.9 Å². The maximum atomic E-state index is 11.2. The van der Waals surface area contributed by atoms with E-state index in [9.17, 15) is 4.79 Å². The minimum absolute atomic E-state index is 0.300. The largest absolute Gasteiger partial charge is 0.414 e. The molecule has 0 unspecified atom stereocenters. The molecule has 0 aliphatic heterocycles. The van der Waals surface area contributed by atoms with Crippen molar-refractivity contribution in [3.63, 3.8) is 0 Å². The summed E-state index contributed by atoms with van der Waals surface area (Å²) in [6.07, 6.45) is 6.89.